The van der Waals surface area contributed by atoms with Gasteiger partial charge in [-0.2, -0.15) is 0 Å². The molecule has 0 spiro atoms. The Bertz CT molecular complexity index is 977. The van der Waals surface area contributed by atoms with Gasteiger partial charge in [0.05, 0.1) is 16.8 Å². The largest absolute Gasteiger partial charge is 0.503 e. The van der Waals surface area contributed by atoms with Crippen LogP contribution in [0.3, 0.4) is 0 Å². The summed E-state index contributed by atoms with van der Waals surface area (Å²) >= 11 is 0. The molecular weight excluding hydrogens is 314 g/mol. The summed E-state index contributed by atoms with van der Waals surface area (Å²) < 4.78 is 27.2. The van der Waals surface area contributed by atoms with Crippen LogP contribution in [0.1, 0.15) is 17.3 Å². The summed E-state index contributed by atoms with van der Waals surface area (Å²) in [6.07, 6.45) is 1.42. The molecule has 120 valence electrons. The molecule has 0 amide bonds. The average molecular weight is 326 g/mol. The topological polar surface area (TPSA) is 62.5 Å². The molecule has 0 atom stereocenters. The van der Waals surface area contributed by atoms with Crippen molar-refractivity contribution in [3.05, 3.63) is 53.7 Å². The van der Waals surface area contributed by atoms with Crippen LogP contribution in [0.15, 0.2) is 41.5 Å². The zero-order valence-electron chi connectivity index (χ0n) is 12.7. The predicted molar refractivity (Wildman–Crippen MR) is 88.0 cm³/mol. The van der Waals surface area contributed by atoms with Crippen molar-refractivity contribution in [2.75, 3.05) is 0 Å². The number of aromatic nitrogens is 1. The number of aromatic hydroxyl groups is 1. The Morgan fingerprint density at radius 2 is 1.83 bits per heavy atom. The number of carbonyl (C=O) groups excluding carboxylic acids is 1. The molecule has 2 aromatic carbocycles. The van der Waals surface area contributed by atoms with E-state index in [0.717, 1.165) is 12.1 Å². The van der Waals surface area contributed by atoms with Crippen LogP contribution in [0.25, 0.3) is 22.0 Å². The number of Topliss-reactive ketones (excluding diaryl/α,β-unsaturated/α-hetero) is 1. The minimum absolute atomic E-state index is 0.209. The number of benzene rings is 2. The summed E-state index contributed by atoms with van der Waals surface area (Å²) in [4.78, 5) is 19.8. The fraction of sp³-hybridized carbons (Fsp3) is 0.0556. The third-order valence-electron chi connectivity index (χ3n) is 3.73. The maximum Gasteiger partial charge on any atom is 0.187 e. The number of rotatable bonds is 3. The Kier molecular flexibility index (Phi) is 3.81. The van der Waals surface area contributed by atoms with Gasteiger partial charge in [0.25, 0.3) is 0 Å². The van der Waals surface area contributed by atoms with Crippen molar-refractivity contribution in [1.82, 2.24) is 4.98 Å². The number of phenolic OH excluding ortho intramolecular Hbond substituents is 1. The molecule has 0 fully saturated rings. The molecule has 0 radical (unpaired) electrons. The van der Waals surface area contributed by atoms with Crippen LogP contribution in [-0.2, 0) is 0 Å². The van der Waals surface area contributed by atoms with Crippen molar-refractivity contribution in [2.24, 2.45) is 4.99 Å². The van der Waals surface area contributed by atoms with Crippen LogP contribution < -0.4 is 0 Å². The van der Waals surface area contributed by atoms with E-state index in [0.29, 0.717) is 27.7 Å². The number of carbonyl (C=O) groups is 1. The Morgan fingerprint density at radius 3 is 2.42 bits per heavy atom. The highest BCUT2D eigenvalue weighted by Gasteiger charge is 2.14. The fourth-order valence-corrected chi connectivity index (χ4v) is 2.52. The molecule has 6 heteroatoms. The van der Waals surface area contributed by atoms with Crippen molar-refractivity contribution in [3.8, 4) is 16.9 Å². The first-order chi connectivity index (χ1) is 11.4. The van der Waals surface area contributed by atoms with Gasteiger partial charge < -0.3 is 5.11 Å². The molecule has 0 saturated heterocycles. The fourth-order valence-electron chi connectivity index (χ4n) is 2.52. The number of hydrogen-bond acceptors (Lipinski definition) is 4. The Labute approximate surface area is 136 Å². The number of phenols is 1. The van der Waals surface area contributed by atoms with Crippen molar-refractivity contribution in [2.45, 2.75) is 6.92 Å². The number of nitrogens with zero attached hydrogens (tertiary/aromatic N) is 2. The zero-order chi connectivity index (χ0) is 17.4. The second-order valence-electron chi connectivity index (χ2n) is 5.26. The number of hydrogen-bond donors (Lipinski definition) is 1. The summed E-state index contributed by atoms with van der Waals surface area (Å²) in [5.41, 5.74) is 2.00. The lowest BCUT2D eigenvalue weighted by Gasteiger charge is -2.09. The number of aliphatic imine (C=N–C) groups is 1. The third-order valence-corrected chi connectivity index (χ3v) is 3.73. The maximum atomic E-state index is 13.6. The average Bonchev–Trinajstić information content (AvgIpc) is 2.57. The van der Waals surface area contributed by atoms with Crippen LogP contribution in [0.4, 0.5) is 14.5 Å². The number of ketones is 1. The van der Waals surface area contributed by atoms with E-state index in [-0.39, 0.29) is 11.3 Å². The van der Waals surface area contributed by atoms with Gasteiger partial charge in [0.1, 0.15) is 0 Å². The van der Waals surface area contributed by atoms with E-state index < -0.39 is 17.4 Å². The SMILES string of the molecule is C=Nc1c(C(C)=O)cnc2ccc(-c3cc(F)c(O)c(F)c3)cc12. The number of fused-ring (bicyclic) bond motifs is 1. The standard InChI is InChI=1S/C18H12F2N2O2/c1-9(23)13-8-22-16-4-3-10(5-12(16)17(13)21-2)11-6-14(19)18(24)15(20)7-11/h3-8,24H,2H2,1H3. The van der Waals surface area contributed by atoms with Gasteiger partial charge in [-0.1, -0.05) is 6.07 Å². The molecule has 0 aliphatic carbocycles. The van der Waals surface area contributed by atoms with Crippen LogP contribution in [-0.4, -0.2) is 22.6 Å². The Balaban J connectivity index is 2.28. The third kappa shape index (κ3) is 2.52. The minimum atomic E-state index is -1.05. The molecule has 1 aromatic heterocycles. The number of pyridine rings is 1. The van der Waals surface area contributed by atoms with Gasteiger partial charge in [0, 0.05) is 11.6 Å². The van der Waals surface area contributed by atoms with E-state index in [9.17, 15) is 18.7 Å². The van der Waals surface area contributed by atoms with Crippen LogP contribution in [0.5, 0.6) is 5.75 Å². The molecule has 3 aromatic rings. The quantitative estimate of drug-likeness (QED) is 0.572. The van der Waals surface area contributed by atoms with Crippen LogP contribution in [0, 0.1) is 11.6 Å². The highest BCUT2D eigenvalue weighted by atomic mass is 19.1. The molecule has 0 aliphatic heterocycles. The molecule has 0 bridgehead atoms. The lowest BCUT2D eigenvalue weighted by atomic mass is 10.00. The predicted octanol–water partition coefficient (Wildman–Crippen LogP) is 4.42. The second kappa shape index (κ2) is 5.81. The molecule has 0 aliphatic rings. The van der Waals surface area contributed by atoms with E-state index in [1.807, 2.05) is 0 Å². The second-order valence-corrected chi connectivity index (χ2v) is 5.26. The smallest absolute Gasteiger partial charge is 0.187 e. The van der Waals surface area contributed by atoms with E-state index >= 15 is 0 Å². The minimum Gasteiger partial charge on any atom is -0.503 e. The highest BCUT2D eigenvalue weighted by molar-refractivity contribution is 6.07. The van der Waals surface area contributed by atoms with E-state index in [1.165, 1.54) is 13.1 Å². The van der Waals surface area contributed by atoms with E-state index in [2.05, 4.69) is 16.7 Å². The highest BCUT2D eigenvalue weighted by Crippen LogP contribution is 2.34. The van der Waals surface area contributed by atoms with Gasteiger partial charge in [-0.3, -0.25) is 14.8 Å². The zero-order valence-corrected chi connectivity index (χ0v) is 12.7. The number of halogens is 2. The maximum absolute atomic E-state index is 13.6. The van der Waals surface area contributed by atoms with Crippen LogP contribution >= 0.6 is 0 Å². The lowest BCUT2D eigenvalue weighted by molar-refractivity contribution is 0.101. The first-order valence-corrected chi connectivity index (χ1v) is 7.01. The van der Waals surface area contributed by atoms with Gasteiger partial charge in [0.2, 0.25) is 0 Å². The molecule has 1 heterocycles. The van der Waals surface area contributed by atoms with Crippen molar-refractivity contribution in [3.63, 3.8) is 0 Å². The first kappa shape index (κ1) is 15.7. The molecule has 3 rings (SSSR count). The van der Waals surface area contributed by atoms with E-state index in [1.54, 1.807) is 18.2 Å². The Morgan fingerprint density at radius 1 is 1.17 bits per heavy atom. The van der Waals surface area contributed by atoms with Gasteiger partial charge in [-0.25, -0.2) is 8.78 Å². The van der Waals surface area contributed by atoms with E-state index in [4.69, 9.17) is 0 Å². The summed E-state index contributed by atoms with van der Waals surface area (Å²) in [6.45, 7) is 4.88. The summed E-state index contributed by atoms with van der Waals surface area (Å²) in [6, 6.07) is 6.99. The van der Waals surface area contributed by atoms with Crippen LogP contribution in [0.2, 0.25) is 0 Å². The molecule has 0 unspecified atom stereocenters. The van der Waals surface area contributed by atoms with Crippen molar-refractivity contribution in [1.29, 1.82) is 0 Å². The van der Waals surface area contributed by atoms with Gasteiger partial charge in [-0.15, -0.1) is 0 Å². The molecule has 0 saturated carbocycles. The summed E-state index contributed by atoms with van der Waals surface area (Å²) in [7, 11) is 0. The van der Waals surface area contributed by atoms with Gasteiger partial charge in [-0.05, 0) is 49.0 Å². The molecular formula is C18H12F2N2O2. The van der Waals surface area contributed by atoms with Gasteiger partial charge in [0.15, 0.2) is 23.2 Å². The molecule has 1 N–H and O–H groups in total. The Hall–Kier alpha value is -3.15. The van der Waals surface area contributed by atoms with Gasteiger partial charge >= 0.3 is 0 Å². The monoisotopic (exact) mass is 326 g/mol. The summed E-state index contributed by atoms with van der Waals surface area (Å²) in [5, 5.41) is 9.75. The molecule has 24 heavy (non-hydrogen) atoms. The first-order valence-electron chi connectivity index (χ1n) is 7.01. The normalized spacial score (nSPS) is 10.8. The lowest BCUT2D eigenvalue weighted by Crippen LogP contribution is -1.95. The van der Waals surface area contributed by atoms with Crippen molar-refractivity contribution < 1.29 is 18.7 Å². The molecule has 4 nitrogen and oxygen atoms in total. The van der Waals surface area contributed by atoms with Crippen molar-refractivity contribution >= 4 is 29.1 Å². The summed E-state index contributed by atoms with van der Waals surface area (Å²) in [5.74, 6) is -3.34.